The first-order chi connectivity index (χ1) is 20.3. The molecule has 1 N–H and O–H groups in total. The minimum atomic E-state index is -0.230. The largest absolute Gasteiger partial charge is 0.393 e. The van der Waals surface area contributed by atoms with Crippen molar-refractivity contribution in [2.45, 2.75) is 71.3 Å². The SMILES string of the molecule is C[C@]12Cc3cc4c(=O)nc(-c5ccccc5)nc-4n(-c4ccc(Cl)cc4)c3C[C@@H]1CC[C@@H]1[C@@H]2CC[C@]2(C)[C@@H](O)CC[C@@H]12. The van der Waals surface area contributed by atoms with E-state index in [9.17, 15) is 9.90 Å². The van der Waals surface area contributed by atoms with Gasteiger partial charge in [0.1, 0.15) is 0 Å². The number of nitrogens with zero attached hydrogens (tertiary/aromatic N) is 3. The van der Waals surface area contributed by atoms with Crippen LogP contribution in [0.1, 0.15) is 63.6 Å². The molecule has 7 atom stereocenters. The molecule has 2 aromatic carbocycles. The summed E-state index contributed by atoms with van der Waals surface area (Å²) in [5.74, 6) is 3.65. The molecule has 3 saturated carbocycles. The van der Waals surface area contributed by atoms with Crippen molar-refractivity contribution in [2.75, 3.05) is 0 Å². The summed E-state index contributed by atoms with van der Waals surface area (Å²) in [5.41, 5.74) is 4.93. The van der Waals surface area contributed by atoms with E-state index in [0.29, 0.717) is 45.9 Å². The number of fused-ring (bicyclic) bond motifs is 7. The van der Waals surface area contributed by atoms with Crippen LogP contribution in [0, 0.1) is 34.5 Å². The van der Waals surface area contributed by atoms with Crippen LogP contribution in [0.3, 0.4) is 0 Å². The lowest BCUT2D eigenvalue weighted by atomic mass is 9.45. The summed E-state index contributed by atoms with van der Waals surface area (Å²) >= 11 is 6.32. The average molecular weight is 580 g/mol. The zero-order valence-corrected chi connectivity index (χ0v) is 25.1. The predicted octanol–water partition coefficient (Wildman–Crippen LogP) is 7.37. The summed E-state index contributed by atoms with van der Waals surface area (Å²) in [7, 11) is 0. The van der Waals surface area contributed by atoms with Crippen LogP contribution < -0.4 is 5.56 Å². The monoisotopic (exact) mass is 579 g/mol. The lowest BCUT2D eigenvalue weighted by Crippen LogP contribution is -2.55. The topological polar surface area (TPSA) is 68.0 Å². The fraction of sp³-hybridized carbons (Fsp3) is 0.472. The molecule has 0 amide bonds. The molecule has 2 aromatic rings. The lowest BCUT2D eigenvalue weighted by molar-refractivity contribution is -0.111. The second kappa shape index (κ2) is 9.49. The van der Waals surface area contributed by atoms with Gasteiger partial charge >= 0.3 is 0 Å². The van der Waals surface area contributed by atoms with E-state index >= 15 is 0 Å². The number of pyridine rings is 1. The van der Waals surface area contributed by atoms with Gasteiger partial charge in [0, 0.05) is 22.0 Å². The maximum absolute atomic E-state index is 13.7. The van der Waals surface area contributed by atoms with E-state index in [-0.39, 0.29) is 22.5 Å². The van der Waals surface area contributed by atoms with Crippen molar-refractivity contribution in [3.8, 4) is 28.5 Å². The molecule has 42 heavy (non-hydrogen) atoms. The minimum absolute atomic E-state index is 0.0794. The lowest BCUT2D eigenvalue weighted by Gasteiger charge is -2.60. The fourth-order valence-corrected chi connectivity index (χ4v) is 10.1. The van der Waals surface area contributed by atoms with Gasteiger partial charge in [-0.05, 0) is 122 Å². The third-order valence-corrected chi connectivity index (χ3v) is 12.5. The molecule has 0 saturated heterocycles. The van der Waals surface area contributed by atoms with Gasteiger partial charge < -0.3 is 5.11 Å². The molecule has 6 heteroatoms. The summed E-state index contributed by atoms with van der Waals surface area (Å²) in [6.07, 6.45) is 8.69. The fourth-order valence-electron chi connectivity index (χ4n) is 9.99. The molecular formula is C36H38ClN3O2. The third-order valence-electron chi connectivity index (χ3n) is 12.2. The molecule has 5 nitrogen and oxygen atoms in total. The van der Waals surface area contributed by atoms with E-state index in [1.54, 1.807) is 0 Å². The van der Waals surface area contributed by atoms with E-state index in [0.717, 1.165) is 43.4 Å². The summed E-state index contributed by atoms with van der Waals surface area (Å²) in [4.78, 5) is 23.2. The van der Waals surface area contributed by atoms with Gasteiger partial charge in [-0.25, -0.2) is 4.98 Å². The highest BCUT2D eigenvalue weighted by atomic mass is 35.5. The average Bonchev–Trinajstić information content (AvgIpc) is 3.30. The van der Waals surface area contributed by atoms with Crippen LogP contribution in [-0.2, 0) is 12.8 Å². The van der Waals surface area contributed by atoms with Crippen LogP contribution in [-0.4, -0.2) is 25.7 Å². The Labute approximate surface area is 252 Å². The number of halogens is 1. The number of rotatable bonds is 2. The predicted molar refractivity (Wildman–Crippen MR) is 166 cm³/mol. The number of aromatic nitrogens is 3. The summed E-state index contributed by atoms with van der Waals surface area (Å²) in [6.45, 7) is 4.90. The molecule has 2 aliphatic heterocycles. The van der Waals surface area contributed by atoms with Crippen molar-refractivity contribution in [3.63, 3.8) is 0 Å². The van der Waals surface area contributed by atoms with Gasteiger partial charge in [0.2, 0.25) is 0 Å². The van der Waals surface area contributed by atoms with Gasteiger partial charge in [0.15, 0.2) is 11.6 Å². The van der Waals surface area contributed by atoms with Crippen LogP contribution >= 0.6 is 11.6 Å². The summed E-state index contributed by atoms with van der Waals surface area (Å²) in [6, 6.07) is 19.8. The van der Waals surface area contributed by atoms with Gasteiger partial charge in [-0.1, -0.05) is 55.8 Å². The Morgan fingerprint density at radius 3 is 2.45 bits per heavy atom. The molecule has 8 rings (SSSR count). The van der Waals surface area contributed by atoms with E-state index < -0.39 is 0 Å². The van der Waals surface area contributed by atoms with Crippen LogP contribution in [0.15, 0.2) is 65.5 Å². The zero-order valence-electron chi connectivity index (χ0n) is 24.4. The van der Waals surface area contributed by atoms with E-state index in [1.807, 2.05) is 54.6 Å². The van der Waals surface area contributed by atoms with Gasteiger partial charge in [0.05, 0.1) is 11.7 Å². The Hall–Kier alpha value is -3.02. The molecule has 0 unspecified atom stereocenters. The normalized spacial score (nSPS) is 33.5. The van der Waals surface area contributed by atoms with Crippen LogP contribution in [0.2, 0.25) is 5.02 Å². The number of aliphatic hydroxyl groups excluding tert-OH is 1. The molecule has 6 aliphatic rings. The van der Waals surface area contributed by atoms with Gasteiger partial charge in [-0.3, -0.25) is 9.36 Å². The second-order valence-corrected chi connectivity index (χ2v) is 14.5. The highest BCUT2D eigenvalue weighted by Gasteiger charge is 2.60. The highest BCUT2D eigenvalue weighted by Crippen LogP contribution is 2.65. The minimum Gasteiger partial charge on any atom is -0.393 e. The number of hydrogen-bond donors (Lipinski definition) is 1. The van der Waals surface area contributed by atoms with E-state index in [2.05, 4.69) is 29.5 Å². The molecule has 216 valence electrons. The maximum atomic E-state index is 13.7. The van der Waals surface area contributed by atoms with Crippen LogP contribution in [0.4, 0.5) is 0 Å². The summed E-state index contributed by atoms with van der Waals surface area (Å²) < 4.78 is 2.23. The first kappa shape index (κ1) is 26.6. The molecule has 3 fully saturated rings. The third kappa shape index (κ3) is 3.82. The van der Waals surface area contributed by atoms with Crippen LogP contribution in [0.25, 0.3) is 28.5 Å². The summed E-state index contributed by atoms with van der Waals surface area (Å²) in [5, 5.41) is 11.6. The van der Waals surface area contributed by atoms with Crippen molar-refractivity contribution in [3.05, 3.63) is 87.3 Å². The van der Waals surface area contributed by atoms with Gasteiger partial charge in [-0.2, -0.15) is 4.98 Å². The molecule has 0 radical (unpaired) electrons. The van der Waals surface area contributed by atoms with Crippen molar-refractivity contribution in [1.29, 1.82) is 0 Å². The number of aliphatic hydroxyl groups is 1. The molecular weight excluding hydrogens is 542 g/mol. The van der Waals surface area contributed by atoms with Gasteiger partial charge in [-0.15, -0.1) is 0 Å². The second-order valence-electron chi connectivity index (χ2n) is 14.1. The van der Waals surface area contributed by atoms with Crippen molar-refractivity contribution < 1.29 is 5.11 Å². The molecule has 4 aliphatic carbocycles. The smallest absolute Gasteiger partial charge is 0.282 e. The quantitative estimate of drug-likeness (QED) is 0.269. The first-order valence-electron chi connectivity index (χ1n) is 15.7. The van der Waals surface area contributed by atoms with E-state index in [1.165, 1.54) is 30.5 Å². The van der Waals surface area contributed by atoms with Crippen molar-refractivity contribution in [1.82, 2.24) is 14.5 Å². The number of benzene rings is 2. The Bertz CT molecular complexity index is 1700. The van der Waals surface area contributed by atoms with Crippen molar-refractivity contribution >= 4 is 11.6 Å². The van der Waals surface area contributed by atoms with Gasteiger partial charge in [0.25, 0.3) is 5.56 Å². The Morgan fingerprint density at radius 1 is 0.905 bits per heavy atom. The standard InChI is InChI=1S/C36H38ClN3O2/c1-35-17-16-29-26(28(35)14-15-31(35)41)13-8-23-19-30-22(20-36(23,29)2)18-27-33(40(30)25-11-9-24(37)10-12-25)38-32(39-34(27)42)21-6-4-3-5-7-21/h3-7,9-12,18,23,26,28-29,31,41H,8,13-17,19-20H2,1-2H3/t23-,26-,28-,29-,31-,35-,36-/m0/s1. The van der Waals surface area contributed by atoms with Crippen molar-refractivity contribution in [2.24, 2.45) is 34.5 Å². The zero-order chi connectivity index (χ0) is 28.8. The van der Waals surface area contributed by atoms with E-state index in [4.69, 9.17) is 16.6 Å². The highest BCUT2D eigenvalue weighted by molar-refractivity contribution is 6.30. The molecule has 0 spiro atoms. The Morgan fingerprint density at radius 2 is 1.67 bits per heavy atom. The Kier molecular flexibility index (Phi) is 6.01. The Balaban J connectivity index is 1.29. The number of hydrogen-bond acceptors (Lipinski definition) is 4. The molecule has 0 bridgehead atoms. The molecule has 2 heterocycles. The molecule has 0 aromatic heterocycles. The van der Waals surface area contributed by atoms with Crippen LogP contribution in [0.5, 0.6) is 0 Å². The maximum Gasteiger partial charge on any atom is 0.282 e. The first-order valence-corrected chi connectivity index (χ1v) is 16.1.